The van der Waals surface area contributed by atoms with E-state index in [2.05, 4.69) is 15.3 Å². The van der Waals surface area contributed by atoms with Gasteiger partial charge < -0.3 is 10.1 Å². The highest BCUT2D eigenvalue weighted by molar-refractivity contribution is 7.89. The number of nitrogens with zero attached hydrogens (tertiary/aromatic N) is 3. The number of anilines is 1. The molecule has 1 N–H and O–H groups in total. The molecule has 1 aliphatic rings. The van der Waals surface area contributed by atoms with Crippen molar-refractivity contribution in [3.8, 4) is 0 Å². The van der Waals surface area contributed by atoms with Gasteiger partial charge in [0, 0.05) is 32.5 Å². The molecule has 112 valence electrons. The summed E-state index contributed by atoms with van der Waals surface area (Å²) in [6.07, 6.45) is 3.39. The molecule has 20 heavy (non-hydrogen) atoms. The summed E-state index contributed by atoms with van der Waals surface area (Å²) in [5, 5.41) is 2.95. The molecule has 1 aliphatic heterocycles. The highest BCUT2D eigenvalue weighted by Gasteiger charge is 2.31. The first-order valence-corrected chi connectivity index (χ1v) is 8.27. The lowest BCUT2D eigenvalue weighted by Gasteiger charge is -2.32. The third kappa shape index (κ3) is 3.25. The van der Waals surface area contributed by atoms with Gasteiger partial charge in [0.25, 0.3) is 0 Å². The van der Waals surface area contributed by atoms with Crippen molar-refractivity contribution in [2.45, 2.75) is 19.4 Å². The van der Waals surface area contributed by atoms with E-state index in [0.29, 0.717) is 31.1 Å². The van der Waals surface area contributed by atoms with Crippen LogP contribution in [0.1, 0.15) is 25.1 Å². The van der Waals surface area contributed by atoms with Crippen molar-refractivity contribution in [1.29, 1.82) is 0 Å². The zero-order chi connectivity index (χ0) is 14.6. The number of morpholine rings is 1. The average Bonchev–Trinajstić information content (AvgIpc) is 2.47. The van der Waals surface area contributed by atoms with Crippen LogP contribution >= 0.6 is 0 Å². The summed E-state index contributed by atoms with van der Waals surface area (Å²) in [6.45, 7) is 2.91. The first-order valence-electron chi connectivity index (χ1n) is 6.66. The minimum Gasteiger partial charge on any atom is -0.372 e. The standard InChI is InChI=1S/C12H20N4O3S/c1-3-8-20(17,18)16-6-7-19-10(9-16)11-12(13-2)15-5-4-14-11/h4-5,10H,3,6-9H2,1-2H3,(H,13,15). The van der Waals surface area contributed by atoms with E-state index < -0.39 is 10.0 Å². The molecule has 0 aromatic carbocycles. The van der Waals surface area contributed by atoms with Crippen LogP contribution in [0.25, 0.3) is 0 Å². The maximum atomic E-state index is 12.1. The molecule has 0 radical (unpaired) electrons. The van der Waals surface area contributed by atoms with Crippen LogP contribution in [0.2, 0.25) is 0 Å². The monoisotopic (exact) mass is 300 g/mol. The first-order chi connectivity index (χ1) is 9.58. The number of hydrogen-bond donors (Lipinski definition) is 1. The Morgan fingerprint density at radius 2 is 2.20 bits per heavy atom. The van der Waals surface area contributed by atoms with Crippen LogP contribution in [0, 0.1) is 0 Å². The van der Waals surface area contributed by atoms with Gasteiger partial charge in [0.05, 0.1) is 12.4 Å². The molecule has 8 heteroatoms. The van der Waals surface area contributed by atoms with E-state index >= 15 is 0 Å². The fourth-order valence-corrected chi connectivity index (χ4v) is 3.70. The molecule has 1 unspecified atom stereocenters. The number of sulfonamides is 1. The van der Waals surface area contributed by atoms with Crippen molar-refractivity contribution in [2.75, 3.05) is 37.8 Å². The highest BCUT2D eigenvalue weighted by Crippen LogP contribution is 2.26. The Kier molecular flexibility index (Phi) is 4.90. The minimum absolute atomic E-state index is 0.166. The van der Waals surface area contributed by atoms with E-state index in [1.54, 1.807) is 19.4 Å². The molecule has 0 bridgehead atoms. The molecule has 2 rings (SSSR count). The molecule has 0 saturated carbocycles. The van der Waals surface area contributed by atoms with Crippen molar-refractivity contribution >= 4 is 15.8 Å². The molecule has 0 aliphatic carbocycles. The third-order valence-corrected chi connectivity index (χ3v) is 5.20. The number of nitrogens with one attached hydrogen (secondary N) is 1. The average molecular weight is 300 g/mol. The topological polar surface area (TPSA) is 84.4 Å². The molecule has 0 amide bonds. The molecule has 1 atom stereocenters. The molecule has 1 fully saturated rings. The van der Waals surface area contributed by atoms with Crippen molar-refractivity contribution in [3.63, 3.8) is 0 Å². The lowest BCUT2D eigenvalue weighted by molar-refractivity contribution is -0.00467. The van der Waals surface area contributed by atoms with Gasteiger partial charge in [0.2, 0.25) is 10.0 Å². The lowest BCUT2D eigenvalue weighted by Crippen LogP contribution is -2.43. The molecular weight excluding hydrogens is 280 g/mol. The zero-order valence-electron chi connectivity index (χ0n) is 11.7. The SMILES string of the molecule is CCCS(=O)(=O)N1CCOC(c2nccnc2NC)C1. The van der Waals surface area contributed by atoms with Gasteiger partial charge in [-0.05, 0) is 6.42 Å². The fourth-order valence-electron chi connectivity index (χ4n) is 2.21. The van der Waals surface area contributed by atoms with Gasteiger partial charge in [-0.15, -0.1) is 0 Å². The van der Waals surface area contributed by atoms with Crippen molar-refractivity contribution in [1.82, 2.24) is 14.3 Å². The quantitative estimate of drug-likeness (QED) is 0.858. The Hall–Kier alpha value is -1.25. The maximum Gasteiger partial charge on any atom is 0.214 e. The van der Waals surface area contributed by atoms with E-state index in [4.69, 9.17) is 4.74 Å². The van der Waals surface area contributed by atoms with Crippen LogP contribution in [0.5, 0.6) is 0 Å². The summed E-state index contributed by atoms with van der Waals surface area (Å²) in [5.74, 6) is 0.784. The van der Waals surface area contributed by atoms with Crippen molar-refractivity contribution in [3.05, 3.63) is 18.1 Å². The smallest absolute Gasteiger partial charge is 0.214 e. The van der Waals surface area contributed by atoms with Crippen LogP contribution in [0.3, 0.4) is 0 Å². The lowest BCUT2D eigenvalue weighted by atomic mass is 10.2. The van der Waals surface area contributed by atoms with E-state index in [-0.39, 0.29) is 18.4 Å². The summed E-state index contributed by atoms with van der Waals surface area (Å²) in [7, 11) is -1.46. The minimum atomic E-state index is -3.21. The van der Waals surface area contributed by atoms with Crippen LogP contribution in [-0.4, -0.2) is 55.2 Å². The van der Waals surface area contributed by atoms with Crippen molar-refractivity contribution < 1.29 is 13.2 Å². The normalized spacial score (nSPS) is 20.8. The van der Waals surface area contributed by atoms with E-state index in [1.165, 1.54) is 4.31 Å². The number of ether oxygens (including phenoxy) is 1. The highest BCUT2D eigenvalue weighted by atomic mass is 32.2. The Morgan fingerprint density at radius 1 is 1.45 bits per heavy atom. The Morgan fingerprint density at radius 3 is 2.90 bits per heavy atom. The van der Waals surface area contributed by atoms with Crippen LogP contribution < -0.4 is 5.32 Å². The van der Waals surface area contributed by atoms with Gasteiger partial charge in [-0.3, -0.25) is 4.98 Å². The number of aromatic nitrogens is 2. The molecule has 7 nitrogen and oxygen atoms in total. The van der Waals surface area contributed by atoms with Crippen molar-refractivity contribution in [2.24, 2.45) is 0 Å². The van der Waals surface area contributed by atoms with Crippen LogP contribution in [-0.2, 0) is 14.8 Å². The molecule has 1 aromatic heterocycles. The summed E-state index contributed by atoms with van der Waals surface area (Å²) < 4.78 is 31.4. The van der Waals surface area contributed by atoms with Gasteiger partial charge in [-0.1, -0.05) is 6.92 Å². The fraction of sp³-hybridized carbons (Fsp3) is 0.667. The predicted molar refractivity (Wildman–Crippen MR) is 75.9 cm³/mol. The first kappa shape index (κ1) is 15.1. The van der Waals surface area contributed by atoms with Gasteiger partial charge in [-0.2, -0.15) is 4.31 Å². The van der Waals surface area contributed by atoms with E-state index in [9.17, 15) is 8.42 Å². The second-order valence-corrected chi connectivity index (χ2v) is 6.66. The third-order valence-electron chi connectivity index (χ3n) is 3.15. The summed E-state index contributed by atoms with van der Waals surface area (Å²) >= 11 is 0. The Balaban J connectivity index is 2.19. The van der Waals surface area contributed by atoms with Gasteiger partial charge in [0.15, 0.2) is 0 Å². The van der Waals surface area contributed by atoms with Crippen LogP contribution in [0.15, 0.2) is 12.4 Å². The summed E-state index contributed by atoms with van der Waals surface area (Å²) in [4.78, 5) is 8.44. The van der Waals surface area contributed by atoms with Gasteiger partial charge >= 0.3 is 0 Å². The predicted octanol–water partition coefficient (Wildman–Crippen LogP) is 0.631. The zero-order valence-corrected chi connectivity index (χ0v) is 12.6. The van der Waals surface area contributed by atoms with Gasteiger partial charge in [-0.25, -0.2) is 13.4 Å². The number of hydrogen-bond acceptors (Lipinski definition) is 6. The Labute approximate surface area is 119 Å². The number of rotatable bonds is 5. The molecule has 1 saturated heterocycles. The van der Waals surface area contributed by atoms with Crippen LogP contribution in [0.4, 0.5) is 5.82 Å². The maximum absolute atomic E-state index is 12.1. The second kappa shape index (κ2) is 6.47. The van der Waals surface area contributed by atoms with E-state index in [1.807, 2.05) is 6.92 Å². The Bertz CT molecular complexity index is 549. The molecule has 1 aromatic rings. The van der Waals surface area contributed by atoms with E-state index in [0.717, 1.165) is 0 Å². The summed E-state index contributed by atoms with van der Waals surface area (Å²) in [6, 6.07) is 0. The molecule has 0 spiro atoms. The second-order valence-electron chi connectivity index (χ2n) is 4.57. The largest absolute Gasteiger partial charge is 0.372 e. The molecular formula is C12H20N4O3S. The summed E-state index contributed by atoms with van der Waals surface area (Å²) in [5.41, 5.74) is 0.645. The van der Waals surface area contributed by atoms with Gasteiger partial charge in [0.1, 0.15) is 17.6 Å². The molecule has 2 heterocycles.